The molecule has 0 unspecified atom stereocenters. The third kappa shape index (κ3) is 11.7. The van der Waals surface area contributed by atoms with Gasteiger partial charge < -0.3 is 10.1 Å². The van der Waals surface area contributed by atoms with Crippen LogP contribution in [0.4, 0.5) is 0 Å². The monoisotopic (exact) mass is 233 g/mol. The van der Waals surface area contributed by atoms with Gasteiger partial charge in [0.1, 0.15) is 0 Å². The van der Waals surface area contributed by atoms with Crippen LogP contribution in [-0.4, -0.2) is 37.7 Å². The lowest BCUT2D eigenvalue weighted by Gasteiger charge is -2.18. The minimum atomic E-state index is -0.120. The van der Waals surface area contributed by atoms with E-state index in [4.69, 9.17) is 0 Å². The number of hydrogen-bond donors (Lipinski definition) is 1. The molecule has 0 heterocycles. The summed E-state index contributed by atoms with van der Waals surface area (Å²) in [5.41, 5.74) is 0.344. The Morgan fingerprint density at radius 2 is 2.00 bits per heavy atom. The Balaban J connectivity index is 3.16. The molecule has 0 aliphatic heterocycles. The van der Waals surface area contributed by atoms with Gasteiger partial charge in [0.15, 0.2) is 0 Å². The van der Waals surface area contributed by atoms with Gasteiger partial charge in [-0.15, -0.1) is 0 Å². The number of carbonyl (C=O) groups excluding carboxylic acids is 1. The highest BCUT2D eigenvalue weighted by Gasteiger charge is 2.08. The zero-order chi connectivity index (χ0) is 11.7. The lowest BCUT2D eigenvalue weighted by Crippen LogP contribution is -2.28. The molecule has 0 aromatic carbocycles. The Bertz CT molecular complexity index is 178. The summed E-state index contributed by atoms with van der Waals surface area (Å²) in [7, 11) is 1.43. The fourth-order valence-electron chi connectivity index (χ4n) is 0.967. The van der Waals surface area contributed by atoms with Gasteiger partial charge in [-0.3, -0.25) is 4.79 Å². The summed E-state index contributed by atoms with van der Waals surface area (Å²) in [6, 6.07) is 0. The molecular weight excluding hydrogens is 210 g/mol. The fraction of sp³-hybridized carbons (Fsp3) is 0.909. The average molecular weight is 233 g/mol. The number of thioether (sulfide) groups is 1. The maximum atomic E-state index is 10.8. The van der Waals surface area contributed by atoms with Crippen LogP contribution in [0, 0.1) is 5.41 Å². The van der Waals surface area contributed by atoms with Gasteiger partial charge in [-0.1, -0.05) is 20.8 Å². The third-order valence-corrected chi connectivity index (χ3v) is 2.74. The quantitative estimate of drug-likeness (QED) is 0.538. The maximum absolute atomic E-state index is 10.8. The largest absolute Gasteiger partial charge is 0.469 e. The Morgan fingerprint density at radius 1 is 1.33 bits per heavy atom. The van der Waals surface area contributed by atoms with Crippen molar-refractivity contribution in [1.29, 1.82) is 0 Å². The highest BCUT2D eigenvalue weighted by atomic mass is 32.2. The highest BCUT2D eigenvalue weighted by molar-refractivity contribution is 7.99. The van der Waals surface area contributed by atoms with Gasteiger partial charge in [0.2, 0.25) is 0 Å². The summed E-state index contributed by atoms with van der Waals surface area (Å²) < 4.78 is 4.55. The number of nitrogens with one attached hydrogen (secondary N) is 1. The van der Waals surface area contributed by atoms with Gasteiger partial charge in [0, 0.05) is 24.6 Å². The van der Waals surface area contributed by atoms with Crippen molar-refractivity contribution in [3.05, 3.63) is 0 Å². The second-order valence-corrected chi connectivity index (χ2v) is 5.90. The van der Waals surface area contributed by atoms with Crippen LogP contribution < -0.4 is 5.32 Å². The van der Waals surface area contributed by atoms with Crippen LogP contribution in [0.3, 0.4) is 0 Å². The molecule has 0 bridgehead atoms. The predicted octanol–water partition coefficient (Wildman–Crippen LogP) is 1.92. The van der Waals surface area contributed by atoms with Gasteiger partial charge in [-0.2, -0.15) is 11.8 Å². The topological polar surface area (TPSA) is 38.3 Å². The molecule has 0 rings (SSSR count). The van der Waals surface area contributed by atoms with Crippen molar-refractivity contribution in [3.8, 4) is 0 Å². The first-order chi connectivity index (χ1) is 6.95. The van der Waals surface area contributed by atoms with Crippen LogP contribution in [0.2, 0.25) is 0 Å². The average Bonchev–Trinajstić information content (AvgIpc) is 2.14. The van der Waals surface area contributed by atoms with E-state index >= 15 is 0 Å². The van der Waals surface area contributed by atoms with Crippen molar-refractivity contribution in [2.24, 2.45) is 5.41 Å². The number of rotatable bonds is 7. The van der Waals surface area contributed by atoms with E-state index in [9.17, 15) is 4.79 Å². The molecule has 1 N–H and O–H groups in total. The summed E-state index contributed by atoms with van der Waals surface area (Å²) >= 11 is 1.78. The Hall–Kier alpha value is -0.220. The van der Waals surface area contributed by atoms with E-state index in [-0.39, 0.29) is 5.97 Å². The number of esters is 1. The van der Waals surface area contributed by atoms with Crippen LogP contribution in [-0.2, 0) is 9.53 Å². The molecule has 0 saturated heterocycles. The van der Waals surface area contributed by atoms with E-state index in [0.29, 0.717) is 11.8 Å². The van der Waals surface area contributed by atoms with E-state index in [1.165, 1.54) is 7.11 Å². The highest BCUT2D eigenvalue weighted by Crippen LogP contribution is 2.10. The van der Waals surface area contributed by atoms with Gasteiger partial charge in [0.25, 0.3) is 0 Å². The molecule has 3 nitrogen and oxygen atoms in total. The molecule has 15 heavy (non-hydrogen) atoms. The predicted molar refractivity (Wildman–Crippen MR) is 66.3 cm³/mol. The maximum Gasteiger partial charge on any atom is 0.306 e. The van der Waals surface area contributed by atoms with Gasteiger partial charge in [-0.05, 0) is 5.41 Å². The van der Waals surface area contributed by atoms with E-state index in [1.807, 2.05) is 0 Å². The van der Waals surface area contributed by atoms with Gasteiger partial charge in [0.05, 0.1) is 13.5 Å². The van der Waals surface area contributed by atoms with Crippen molar-refractivity contribution >= 4 is 17.7 Å². The fourth-order valence-corrected chi connectivity index (χ4v) is 1.77. The Morgan fingerprint density at radius 3 is 2.53 bits per heavy atom. The van der Waals surface area contributed by atoms with Crippen molar-refractivity contribution in [2.45, 2.75) is 27.2 Å². The molecule has 4 heteroatoms. The van der Waals surface area contributed by atoms with E-state index < -0.39 is 0 Å². The summed E-state index contributed by atoms with van der Waals surface area (Å²) in [5, 5.41) is 3.39. The van der Waals surface area contributed by atoms with Crippen LogP contribution >= 0.6 is 11.8 Å². The summed E-state index contributed by atoms with van der Waals surface area (Å²) in [4.78, 5) is 10.8. The first kappa shape index (κ1) is 14.8. The normalized spacial score (nSPS) is 11.5. The SMILES string of the molecule is COC(=O)CCSCCNCC(C)(C)C. The Kier molecular flexibility index (Phi) is 7.88. The van der Waals surface area contributed by atoms with Crippen LogP contribution in [0.15, 0.2) is 0 Å². The van der Waals surface area contributed by atoms with E-state index in [2.05, 4.69) is 30.8 Å². The molecule has 0 aliphatic carbocycles. The van der Waals surface area contributed by atoms with Crippen LogP contribution in [0.25, 0.3) is 0 Å². The summed E-state index contributed by atoms with van der Waals surface area (Å²) in [6.07, 6.45) is 0.514. The summed E-state index contributed by atoms with van der Waals surface area (Å²) in [6.45, 7) is 8.67. The molecule has 0 aromatic rings. The van der Waals surface area contributed by atoms with Crippen molar-refractivity contribution < 1.29 is 9.53 Å². The molecule has 0 radical (unpaired) electrons. The minimum Gasteiger partial charge on any atom is -0.469 e. The first-order valence-corrected chi connectivity index (χ1v) is 6.46. The molecule has 0 atom stereocenters. The molecular formula is C11H23NO2S. The standard InChI is InChI=1S/C11H23NO2S/c1-11(2,3)9-12-6-8-15-7-5-10(13)14-4/h12H,5-9H2,1-4H3. The van der Waals surface area contributed by atoms with Crippen LogP contribution in [0.1, 0.15) is 27.2 Å². The van der Waals surface area contributed by atoms with Crippen molar-refractivity contribution in [1.82, 2.24) is 5.32 Å². The van der Waals surface area contributed by atoms with Gasteiger partial charge >= 0.3 is 5.97 Å². The van der Waals surface area contributed by atoms with Crippen molar-refractivity contribution in [2.75, 3.05) is 31.7 Å². The molecule has 0 aromatic heterocycles. The molecule has 0 aliphatic rings. The molecule has 0 amide bonds. The summed E-state index contributed by atoms with van der Waals surface area (Å²) in [5.74, 6) is 1.78. The smallest absolute Gasteiger partial charge is 0.306 e. The number of ether oxygens (including phenoxy) is 1. The lowest BCUT2D eigenvalue weighted by atomic mass is 9.97. The number of methoxy groups -OCH3 is 1. The zero-order valence-corrected chi connectivity index (χ0v) is 11.1. The number of hydrogen-bond acceptors (Lipinski definition) is 4. The number of carbonyl (C=O) groups is 1. The molecule has 90 valence electrons. The van der Waals surface area contributed by atoms with E-state index in [0.717, 1.165) is 24.6 Å². The second-order valence-electron chi connectivity index (χ2n) is 4.68. The van der Waals surface area contributed by atoms with Crippen LogP contribution in [0.5, 0.6) is 0 Å². The molecule has 0 saturated carbocycles. The van der Waals surface area contributed by atoms with Gasteiger partial charge in [-0.25, -0.2) is 0 Å². The molecule has 0 spiro atoms. The second kappa shape index (κ2) is 7.99. The van der Waals surface area contributed by atoms with E-state index in [1.54, 1.807) is 11.8 Å². The Labute approximate surface area is 97.3 Å². The first-order valence-electron chi connectivity index (χ1n) is 5.31. The zero-order valence-electron chi connectivity index (χ0n) is 10.3. The lowest BCUT2D eigenvalue weighted by molar-refractivity contribution is -0.140. The van der Waals surface area contributed by atoms with Crippen molar-refractivity contribution in [3.63, 3.8) is 0 Å². The molecule has 0 fully saturated rings. The third-order valence-electron chi connectivity index (χ3n) is 1.76. The minimum absolute atomic E-state index is 0.120.